The van der Waals surface area contributed by atoms with Gasteiger partial charge in [0.2, 0.25) is 0 Å². The number of hydrogen-bond donors (Lipinski definition) is 1. The van der Waals surface area contributed by atoms with Crippen LogP contribution in [-0.2, 0) is 0 Å². The van der Waals surface area contributed by atoms with Crippen molar-refractivity contribution in [3.05, 3.63) is 0 Å². The first kappa shape index (κ1) is 10.8. The van der Waals surface area contributed by atoms with Crippen molar-refractivity contribution in [2.24, 2.45) is 5.92 Å². The molecule has 0 aromatic rings. The van der Waals surface area contributed by atoms with Gasteiger partial charge in [0.1, 0.15) is 0 Å². The molecule has 0 saturated carbocycles. The Labute approximate surface area is 74.5 Å². The second-order valence-electron chi connectivity index (χ2n) is 3.44. The average molecular weight is 199 g/mol. The number of rotatable bonds is 2. The Morgan fingerprint density at radius 1 is 1.23 bits per heavy atom. The van der Waals surface area contributed by atoms with Crippen LogP contribution in [0.1, 0.15) is 19.3 Å². The monoisotopic (exact) mass is 199 g/mol. The summed E-state index contributed by atoms with van der Waals surface area (Å²) < 4.78 is 48.0. The summed E-state index contributed by atoms with van der Waals surface area (Å²) in [6.07, 6.45) is -6.39. The van der Waals surface area contributed by atoms with Gasteiger partial charge in [-0.2, -0.15) is 13.2 Å². The Morgan fingerprint density at radius 2 is 1.77 bits per heavy atom. The van der Waals surface area contributed by atoms with E-state index in [1.165, 1.54) is 0 Å². The van der Waals surface area contributed by atoms with Crippen LogP contribution >= 0.6 is 0 Å². The molecule has 1 heterocycles. The van der Waals surface area contributed by atoms with Gasteiger partial charge in [-0.1, -0.05) is 0 Å². The lowest BCUT2D eigenvalue weighted by molar-refractivity contribution is -0.185. The Hall–Kier alpha value is -0.320. The normalized spacial score (nSPS) is 23.1. The van der Waals surface area contributed by atoms with Crippen LogP contribution in [-0.4, -0.2) is 25.4 Å². The van der Waals surface area contributed by atoms with E-state index in [0.29, 0.717) is 25.9 Å². The van der Waals surface area contributed by atoms with Crippen molar-refractivity contribution in [2.75, 3.05) is 13.1 Å². The molecular formula is C8H13F4N. The van der Waals surface area contributed by atoms with E-state index in [2.05, 4.69) is 5.32 Å². The molecular weight excluding hydrogens is 186 g/mol. The maximum atomic E-state index is 12.5. The Balaban J connectivity index is 2.30. The third-order valence-corrected chi connectivity index (χ3v) is 2.35. The van der Waals surface area contributed by atoms with Crippen LogP contribution in [0.4, 0.5) is 17.6 Å². The van der Waals surface area contributed by atoms with Gasteiger partial charge in [0.25, 0.3) is 0 Å². The molecule has 1 fully saturated rings. The molecule has 5 heteroatoms. The zero-order valence-corrected chi connectivity index (χ0v) is 7.20. The molecule has 1 unspecified atom stereocenters. The summed E-state index contributed by atoms with van der Waals surface area (Å²) in [5.41, 5.74) is 0. The highest BCUT2D eigenvalue weighted by atomic mass is 19.4. The number of halogens is 4. The van der Waals surface area contributed by atoms with Crippen LogP contribution in [0, 0.1) is 5.92 Å². The van der Waals surface area contributed by atoms with Gasteiger partial charge in [0.15, 0.2) is 6.17 Å². The zero-order chi connectivity index (χ0) is 9.90. The summed E-state index contributed by atoms with van der Waals surface area (Å²) >= 11 is 0. The highest BCUT2D eigenvalue weighted by Crippen LogP contribution is 2.30. The molecule has 0 aliphatic carbocycles. The molecule has 13 heavy (non-hydrogen) atoms. The maximum Gasteiger partial charge on any atom is 0.419 e. The van der Waals surface area contributed by atoms with E-state index >= 15 is 0 Å². The lowest BCUT2D eigenvalue weighted by atomic mass is 9.92. The van der Waals surface area contributed by atoms with E-state index in [9.17, 15) is 17.6 Å². The molecule has 1 N–H and O–H groups in total. The Kier molecular flexibility index (Phi) is 3.53. The molecule has 1 aliphatic rings. The van der Waals surface area contributed by atoms with E-state index in [1.54, 1.807) is 0 Å². The summed E-state index contributed by atoms with van der Waals surface area (Å²) in [6, 6.07) is 0. The molecule has 0 aromatic carbocycles. The Morgan fingerprint density at radius 3 is 2.23 bits per heavy atom. The lowest BCUT2D eigenvalue weighted by Crippen LogP contribution is -2.33. The molecule has 1 nitrogen and oxygen atoms in total. The molecule has 0 bridgehead atoms. The highest BCUT2D eigenvalue weighted by Gasteiger charge is 2.41. The minimum absolute atomic E-state index is 0.113. The summed E-state index contributed by atoms with van der Waals surface area (Å²) in [5.74, 6) is -0.113. The highest BCUT2D eigenvalue weighted by molar-refractivity contribution is 4.75. The topological polar surface area (TPSA) is 12.0 Å². The second kappa shape index (κ2) is 4.26. The third kappa shape index (κ3) is 3.50. The molecule has 1 rings (SSSR count). The maximum absolute atomic E-state index is 12.5. The van der Waals surface area contributed by atoms with Gasteiger partial charge in [0.05, 0.1) is 0 Å². The molecule has 1 aliphatic heterocycles. The van der Waals surface area contributed by atoms with Gasteiger partial charge in [-0.3, -0.25) is 0 Å². The fraction of sp³-hybridized carbons (Fsp3) is 1.00. The summed E-state index contributed by atoms with van der Waals surface area (Å²) in [7, 11) is 0. The largest absolute Gasteiger partial charge is 0.419 e. The first-order chi connectivity index (χ1) is 6.00. The molecule has 1 saturated heterocycles. The predicted octanol–water partition coefficient (Wildman–Crippen LogP) is 2.28. The van der Waals surface area contributed by atoms with E-state index in [0.717, 1.165) is 0 Å². The fourth-order valence-electron chi connectivity index (χ4n) is 1.54. The SMILES string of the molecule is FC(CC1CCNCC1)C(F)(F)F. The van der Waals surface area contributed by atoms with Gasteiger partial charge < -0.3 is 5.32 Å². The zero-order valence-electron chi connectivity index (χ0n) is 7.20. The van der Waals surface area contributed by atoms with Crippen molar-refractivity contribution in [1.29, 1.82) is 0 Å². The van der Waals surface area contributed by atoms with Gasteiger partial charge in [-0.25, -0.2) is 4.39 Å². The van der Waals surface area contributed by atoms with Crippen LogP contribution < -0.4 is 5.32 Å². The number of nitrogens with one attached hydrogen (secondary N) is 1. The summed E-state index contributed by atoms with van der Waals surface area (Å²) in [6.45, 7) is 1.41. The van der Waals surface area contributed by atoms with Crippen LogP contribution in [0.15, 0.2) is 0 Å². The smallest absolute Gasteiger partial charge is 0.317 e. The van der Waals surface area contributed by atoms with Crippen molar-refractivity contribution in [3.63, 3.8) is 0 Å². The quantitative estimate of drug-likeness (QED) is 0.673. The first-order valence-electron chi connectivity index (χ1n) is 4.41. The van der Waals surface area contributed by atoms with E-state index < -0.39 is 12.3 Å². The minimum Gasteiger partial charge on any atom is -0.317 e. The Bertz CT molecular complexity index is 151. The fourth-order valence-corrected chi connectivity index (χ4v) is 1.54. The van der Waals surface area contributed by atoms with Crippen LogP contribution in [0.3, 0.4) is 0 Å². The van der Waals surface area contributed by atoms with Crippen molar-refractivity contribution < 1.29 is 17.6 Å². The van der Waals surface area contributed by atoms with Crippen molar-refractivity contribution >= 4 is 0 Å². The molecule has 1 atom stereocenters. The number of piperidine rings is 1. The molecule has 0 amide bonds. The van der Waals surface area contributed by atoms with E-state index in [-0.39, 0.29) is 12.3 Å². The molecule has 0 aromatic heterocycles. The number of alkyl halides is 4. The van der Waals surface area contributed by atoms with Crippen LogP contribution in [0.2, 0.25) is 0 Å². The van der Waals surface area contributed by atoms with E-state index in [4.69, 9.17) is 0 Å². The minimum atomic E-state index is -4.68. The third-order valence-electron chi connectivity index (χ3n) is 2.35. The van der Waals surface area contributed by atoms with Gasteiger partial charge in [-0.05, 0) is 38.3 Å². The van der Waals surface area contributed by atoms with Crippen molar-refractivity contribution in [3.8, 4) is 0 Å². The van der Waals surface area contributed by atoms with Gasteiger partial charge in [0, 0.05) is 0 Å². The average Bonchev–Trinajstić information content (AvgIpc) is 2.04. The molecule has 0 radical (unpaired) electrons. The van der Waals surface area contributed by atoms with Gasteiger partial charge >= 0.3 is 6.18 Å². The van der Waals surface area contributed by atoms with Crippen LogP contribution in [0.25, 0.3) is 0 Å². The van der Waals surface area contributed by atoms with Crippen molar-refractivity contribution in [2.45, 2.75) is 31.6 Å². The lowest BCUT2D eigenvalue weighted by Gasteiger charge is -2.24. The summed E-state index contributed by atoms with van der Waals surface area (Å²) in [5, 5.41) is 3.02. The van der Waals surface area contributed by atoms with Gasteiger partial charge in [-0.15, -0.1) is 0 Å². The second-order valence-corrected chi connectivity index (χ2v) is 3.44. The summed E-state index contributed by atoms with van der Waals surface area (Å²) in [4.78, 5) is 0. The van der Waals surface area contributed by atoms with Crippen LogP contribution in [0.5, 0.6) is 0 Å². The predicted molar refractivity (Wildman–Crippen MR) is 41.2 cm³/mol. The number of hydrogen-bond acceptors (Lipinski definition) is 1. The molecule has 78 valence electrons. The molecule has 0 spiro atoms. The first-order valence-corrected chi connectivity index (χ1v) is 4.41. The van der Waals surface area contributed by atoms with Crippen molar-refractivity contribution in [1.82, 2.24) is 5.32 Å². The van der Waals surface area contributed by atoms with E-state index in [1.807, 2.05) is 0 Å². The standard InChI is InChI=1S/C8H13F4N/c9-7(8(10,11)12)5-6-1-3-13-4-2-6/h6-7,13H,1-5H2.